The number of halogens is 1. The molecule has 2 nitrogen and oxygen atoms in total. The minimum Gasteiger partial charge on any atom is -0.350 e. The zero-order chi connectivity index (χ0) is 11.2. The second kappa shape index (κ2) is 6.44. The van der Waals surface area contributed by atoms with Gasteiger partial charge in [-0.05, 0) is 25.7 Å². The van der Waals surface area contributed by atoms with E-state index in [9.17, 15) is 4.79 Å². The number of alkyl halides is 1. The molecule has 0 fully saturated rings. The van der Waals surface area contributed by atoms with Crippen LogP contribution < -0.4 is 5.32 Å². The van der Waals surface area contributed by atoms with Gasteiger partial charge in [0.2, 0.25) is 5.91 Å². The molecule has 1 N–H and O–H groups in total. The fourth-order valence-corrected chi connectivity index (χ4v) is 1.65. The van der Waals surface area contributed by atoms with Crippen molar-refractivity contribution in [3.8, 4) is 0 Å². The molecule has 1 atom stereocenters. The lowest BCUT2D eigenvalue weighted by atomic mass is 9.89. The monoisotopic (exact) mass is 263 g/mol. The lowest BCUT2D eigenvalue weighted by Gasteiger charge is -2.32. The molecule has 0 aliphatic carbocycles. The van der Waals surface area contributed by atoms with E-state index in [0.29, 0.717) is 0 Å². The van der Waals surface area contributed by atoms with Gasteiger partial charge in [0.25, 0.3) is 0 Å². The molecule has 0 bridgehead atoms. The number of hydrogen-bond donors (Lipinski definition) is 1. The topological polar surface area (TPSA) is 29.1 Å². The first-order valence-corrected chi connectivity index (χ1v) is 6.42. The van der Waals surface area contributed by atoms with E-state index in [0.717, 1.165) is 25.7 Å². The van der Waals surface area contributed by atoms with Gasteiger partial charge in [-0.3, -0.25) is 4.79 Å². The van der Waals surface area contributed by atoms with Crippen LogP contribution >= 0.6 is 15.9 Å². The van der Waals surface area contributed by atoms with Crippen molar-refractivity contribution in [1.82, 2.24) is 5.32 Å². The Morgan fingerprint density at radius 2 is 1.64 bits per heavy atom. The zero-order valence-electron chi connectivity index (χ0n) is 9.69. The summed E-state index contributed by atoms with van der Waals surface area (Å²) < 4.78 is 0. The molecule has 1 amide bonds. The maximum atomic E-state index is 11.7. The third kappa shape index (κ3) is 3.60. The Balaban J connectivity index is 4.37. The van der Waals surface area contributed by atoms with E-state index in [1.807, 2.05) is 6.92 Å². The summed E-state index contributed by atoms with van der Waals surface area (Å²) in [7, 11) is 0. The molecule has 0 saturated heterocycles. The first-order valence-electron chi connectivity index (χ1n) is 5.51. The van der Waals surface area contributed by atoms with Crippen LogP contribution in [0.15, 0.2) is 0 Å². The quantitative estimate of drug-likeness (QED) is 0.733. The Morgan fingerprint density at radius 3 is 1.93 bits per heavy atom. The Hall–Kier alpha value is -0.0500. The van der Waals surface area contributed by atoms with E-state index >= 15 is 0 Å². The molecule has 0 heterocycles. The standard InChI is InChI=1S/C11H22BrNO/c1-5-9(12)10(14)13-11(6-2,7-3)8-4/h9H,5-8H2,1-4H3,(H,13,14). The number of amides is 1. The minimum absolute atomic E-state index is 0.00171. The molecule has 0 aromatic carbocycles. The number of carbonyl (C=O) groups is 1. The highest BCUT2D eigenvalue weighted by Gasteiger charge is 2.27. The van der Waals surface area contributed by atoms with Crippen LogP contribution in [-0.2, 0) is 4.79 Å². The lowest BCUT2D eigenvalue weighted by molar-refractivity contribution is -0.122. The van der Waals surface area contributed by atoms with Gasteiger partial charge < -0.3 is 5.32 Å². The van der Waals surface area contributed by atoms with Gasteiger partial charge in [-0.1, -0.05) is 43.6 Å². The Bertz CT molecular complexity index is 170. The molecule has 84 valence electrons. The molecule has 0 aliphatic rings. The summed E-state index contributed by atoms with van der Waals surface area (Å²) in [6.07, 6.45) is 3.82. The fourth-order valence-electron chi connectivity index (χ4n) is 1.54. The van der Waals surface area contributed by atoms with E-state index in [4.69, 9.17) is 0 Å². The van der Waals surface area contributed by atoms with E-state index in [1.165, 1.54) is 0 Å². The van der Waals surface area contributed by atoms with Crippen LogP contribution in [0.3, 0.4) is 0 Å². The summed E-state index contributed by atoms with van der Waals surface area (Å²) in [4.78, 5) is 11.7. The van der Waals surface area contributed by atoms with Crippen LogP contribution in [0.25, 0.3) is 0 Å². The van der Waals surface area contributed by atoms with Crippen molar-refractivity contribution < 1.29 is 4.79 Å². The van der Waals surface area contributed by atoms with Crippen molar-refractivity contribution in [2.45, 2.75) is 63.7 Å². The first kappa shape index (κ1) is 13.9. The normalized spacial score (nSPS) is 13.8. The number of rotatable bonds is 6. The van der Waals surface area contributed by atoms with Gasteiger partial charge in [0, 0.05) is 5.54 Å². The van der Waals surface area contributed by atoms with Crippen molar-refractivity contribution in [3.05, 3.63) is 0 Å². The molecule has 0 saturated carbocycles. The minimum atomic E-state index is -0.0495. The Kier molecular flexibility index (Phi) is 6.41. The summed E-state index contributed by atoms with van der Waals surface area (Å²) in [6, 6.07) is 0. The predicted molar refractivity (Wildman–Crippen MR) is 64.8 cm³/mol. The zero-order valence-corrected chi connectivity index (χ0v) is 11.3. The SMILES string of the molecule is CCC(Br)C(=O)NC(CC)(CC)CC. The molecular formula is C11H22BrNO. The van der Waals surface area contributed by atoms with E-state index in [2.05, 4.69) is 42.0 Å². The van der Waals surface area contributed by atoms with Gasteiger partial charge in [-0.25, -0.2) is 0 Å². The average molecular weight is 264 g/mol. The van der Waals surface area contributed by atoms with Crippen LogP contribution in [0.5, 0.6) is 0 Å². The summed E-state index contributed by atoms with van der Waals surface area (Å²) in [5.74, 6) is 0.123. The Labute approximate surface area is 96.0 Å². The van der Waals surface area contributed by atoms with E-state index in [-0.39, 0.29) is 16.3 Å². The van der Waals surface area contributed by atoms with Gasteiger partial charge in [-0.15, -0.1) is 0 Å². The molecule has 1 unspecified atom stereocenters. The molecule has 0 radical (unpaired) electrons. The summed E-state index contributed by atoms with van der Waals surface area (Å²) in [5, 5.41) is 3.14. The number of hydrogen-bond acceptors (Lipinski definition) is 1. The molecule has 0 rings (SSSR count). The van der Waals surface area contributed by atoms with Gasteiger partial charge in [0.05, 0.1) is 4.83 Å². The maximum absolute atomic E-state index is 11.7. The van der Waals surface area contributed by atoms with E-state index < -0.39 is 0 Å². The second-order valence-electron chi connectivity index (χ2n) is 3.71. The number of nitrogens with one attached hydrogen (secondary N) is 1. The van der Waals surface area contributed by atoms with Crippen molar-refractivity contribution in [3.63, 3.8) is 0 Å². The largest absolute Gasteiger partial charge is 0.350 e. The van der Waals surface area contributed by atoms with Gasteiger partial charge in [0.1, 0.15) is 0 Å². The third-order valence-electron chi connectivity index (χ3n) is 3.06. The fraction of sp³-hybridized carbons (Fsp3) is 0.909. The van der Waals surface area contributed by atoms with Gasteiger partial charge >= 0.3 is 0 Å². The molecule has 0 aromatic heterocycles. The van der Waals surface area contributed by atoms with Crippen LogP contribution in [0.1, 0.15) is 53.4 Å². The third-order valence-corrected chi connectivity index (χ3v) is 4.12. The van der Waals surface area contributed by atoms with Crippen molar-refractivity contribution in [1.29, 1.82) is 0 Å². The Morgan fingerprint density at radius 1 is 1.21 bits per heavy atom. The second-order valence-corrected chi connectivity index (χ2v) is 4.81. The molecule has 3 heteroatoms. The molecule has 14 heavy (non-hydrogen) atoms. The summed E-state index contributed by atoms with van der Waals surface area (Å²) >= 11 is 3.37. The average Bonchev–Trinajstić information content (AvgIpc) is 2.24. The predicted octanol–water partition coefficient (Wildman–Crippen LogP) is 3.24. The number of carbonyl (C=O) groups excluding carboxylic acids is 1. The molecule has 0 aromatic rings. The van der Waals surface area contributed by atoms with Crippen molar-refractivity contribution in [2.75, 3.05) is 0 Å². The summed E-state index contributed by atoms with van der Waals surface area (Å²) in [6.45, 7) is 8.39. The highest BCUT2D eigenvalue weighted by molar-refractivity contribution is 9.10. The highest BCUT2D eigenvalue weighted by atomic mass is 79.9. The first-order chi connectivity index (χ1) is 6.55. The smallest absolute Gasteiger partial charge is 0.234 e. The molecular weight excluding hydrogens is 242 g/mol. The van der Waals surface area contributed by atoms with E-state index in [1.54, 1.807) is 0 Å². The van der Waals surface area contributed by atoms with Crippen LogP contribution in [0, 0.1) is 0 Å². The van der Waals surface area contributed by atoms with Crippen molar-refractivity contribution in [2.24, 2.45) is 0 Å². The highest BCUT2D eigenvalue weighted by Crippen LogP contribution is 2.20. The molecule has 0 spiro atoms. The molecule has 0 aliphatic heterocycles. The van der Waals surface area contributed by atoms with Gasteiger partial charge in [0.15, 0.2) is 0 Å². The maximum Gasteiger partial charge on any atom is 0.234 e. The summed E-state index contributed by atoms with van der Waals surface area (Å²) in [5.41, 5.74) is -0.00171. The lowest BCUT2D eigenvalue weighted by Crippen LogP contribution is -2.49. The van der Waals surface area contributed by atoms with Gasteiger partial charge in [-0.2, -0.15) is 0 Å². The van der Waals surface area contributed by atoms with Crippen LogP contribution in [0.4, 0.5) is 0 Å². The van der Waals surface area contributed by atoms with Crippen LogP contribution in [0.2, 0.25) is 0 Å². The van der Waals surface area contributed by atoms with Crippen molar-refractivity contribution >= 4 is 21.8 Å². The van der Waals surface area contributed by atoms with Crippen LogP contribution in [-0.4, -0.2) is 16.3 Å².